The summed E-state index contributed by atoms with van der Waals surface area (Å²) in [6.45, 7) is 1.97. The number of hydrogen-bond acceptors (Lipinski definition) is 4. The molecule has 1 atom stereocenters. The van der Waals surface area contributed by atoms with Gasteiger partial charge in [-0.2, -0.15) is 0 Å². The van der Waals surface area contributed by atoms with Gasteiger partial charge in [-0.1, -0.05) is 41.9 Å². The summed E-state index contributed by atoms with van der Waals surface area (Å²) in [5, 5.41) is 3.38. The average molecular weight is 356 g/mol. The van der Waals surface area contributed by atoms with E-state index >= 15 is 0 Å². The topological polar surface area (TPSA) is 56.1 Å². The average Bonchev–Trinajstić information content (AvgIpc) is 2.65. The van der Waals surface area contributed by atoms with Gasteiger partial charge in [0, 0.05) is 5.69 Å². The summed E-state index contributed by atoms with van der Waals surface area (Å²) in [4.78, 5) is 16.9. The fraction of sp³-hybridized carbons (Fsp3) is 0.158. The maximum absolute atomic E-state index is 12.8. The molecule has 128 valence electrons. The number of aromatic nitrogens is 2. The molecule has 0 fully saturated rings. The number of nitrogens with zero attached hydrogens (tertiary/aromatic N) is 2. The number of anilines is 1. The minimum absolute atomic E-state index is 0.0795. The molecule has 6 heteroatoms. The van der Waals surface area contributed by atoms with Gasteiger partial charge in [0.2, 0.25) is 0 Å². The van der Waals surface area contributed by atoms with Crippen LogP contribution in [0.4, 0.5) is 5.82 Å². The Labute approximate surface area is 150 Å². The molecule has 0 saturated heterocycles. The van der Waals surface area contributed by atoms with Crippen molar-refractivity contribution in [2.45, 2.75) is 13.0 Å². The van der Waals surface area contributed by atoms with E-state index in [0.29, 0.717) is 11.4 Å². The van der Waals surface area contributed by atoms with Gasteiger partial charge in [-0.05, 0) is 36.8 Å². The highest BCUT2D eigenvalue weighted by molar-refractivity contribution is 6.29. The predicted octanol–water partition coefficient (Wildman–Crippen LogP) is 4.07. The lowest BCUT2D eigenvalue weighted by Gasteiger charge is -2.16. The summed E-state index contributed by atoms with van der Waals surface area (Å²) in [6, 6.07) is 16.9. The van der Waals surface area contributed by atoms with E-state index in [4.69, 9.17) is 16.3 Å². The van der Waals surface area contributed by atoms with Crippen molar-refractivity contribution in [2.75, 3.05) is 12.4 Å². The van der Waals surface area contributed by atoms with Gasteiger partial charge in [-0.25, -0.2) is 4.98 Å². The van der Waals surface area contributed by atoms with Crippen LogP contribution in [0.5, 0.6) is 5.75 Å². The fourth-order valence-corrected chi connectivity index (χ4v) is 2.70. The van der Waals surface area contributed by atoms with Crippen molar-refractivity contribution in [2.24, 2.45) is 0 Å². The van der Waals surface area contributed by atoms with Gasteiger partial charge in [-0.3, -0.25) is 9.36 Å². The standard InChI is InChI=1S/C19H18ClN3O2/c1-13(14-6-4-3-5-7-14)21-18-19(24)23(12-17(20)22-18)15-8-10-16(25-2)11-9-15/h3-13H,1-2H3,(H,21,22). The first-order valence-electron chi connectivity index (χ1n) is 7.83. The smallest absolute Gasteiger partial charge is 0.297 e. The Morgan fingerprint density at radius 2 is 1.80 bits per heavy atom. The molecular weight excluding hydrogens is 338 g/mol. The molecule has 0 saturated carbocycles. The van der Waals surface area contributed by atoms with E-state index in [1.165, 1.54) is 10.8 Å². The first-order valence-corrected chi connectivity index (χ1v) is 8.21. The van der Waals surface area contributed by atoms with Crippen LogP contribution in [0, 0.1) is 0 Å². The largest absolute Gasteiger partial charge is 0.497 e. The van der Waals surface area contributed by atoms with Crippen LogP contribution in [0.25, 0.3) is 5.69 Å². The Morgan fingerprint density at radius 1 is 1.12 bits per heavy atom. The lowest BCUT2D eigenvalue weighted by molar-refractivity contribution is 0.414. The van der Waals surface area contributed by atoms with Gasteiger partial charge in [0.05, 0.1) is 19.3 Å². The summed E-state index contributed by atoms with van der Waals surface area (Å²) in [5.41, 5.74) is 1.47. The molecule has 25 heavy (non-hydrogen) atoms. The molecule has 0 radical (unpaired) electrons. The van der Waals surface area contributed by atoms with Crippen molar-refractivity contribution in [3.05, 3.63) is 81.9 Å². The Bertz CT molecular complexity index is 908. The van der Waals surface area contributed by atoms with Crippen molar-refractivity contribution in [1.29, 1.82) is 0 Å². The summed E-state index contributed by atoms with van der Waals surface area (Å²) < 4.78 is 6.61. The van der Waals surface area contributed by atoms with E-state index in [1.807, 2.05) is 37.3 Å². The van der Waals surface area contributed by atoms with E-state index in [0.717, 1.165) is 5.56 Å². The lowest BCUT2D eigenvalue weighted by Crippen LogP contribution is -2.24. The maximum atomic E-state index is 12.8. The summed E-state index contributed by atoms with van der Waals surface area (Å²) >= 11 is 6.12. The SMILES string of the molecule is COc1ccc(-n2cc(Cl)nc(NC(C)c3ccccc3)c2=O)cc1. The van der Waals surface area contributed by atoms with E-state index in [1.54, 1.807) is 31.4 Å². The van der Waals surface area contributed by atoms with Crippen molar-refractivity contribution in [3.8, 4) is 11.4 Å². The summed E-state index contributed by atoms with van der Waals surface area (Å²) in [5.74, 6) is 0.924. The van der Waals surface area contributed by atoms with E-state index in [-0.39, 0.29) is 22.6 Å². The van der Waals surface area contributed by atoms with E-state index in [2.05, 4.69) is 10.3 Å². The van der Waals surface area contributed by atoms with Gasteiger partial charge in [0.15, 0.2) is 5.82 Å². The summed E-state index contributed by atoms with van der Waals surface area (Å²) in [6.07, 6.45) is 1.50. The maximum Gasteiger partial charge on any atom is 0.297 e. The zero-order valence-electron chi connectivity index (χ0n) is 13.9. The van der Waals surface area contributed by atoms with Crippen LogP contribution >= 0.6 is 11.6 Å². The molecule has 0 amide bonds. The van der Waals surface area contributed by atoms with Crippen LogP contribution < -0.4 is 15.6 Å². The molecule has 1 aromatic heterocycles. The number of nitrogens with one attached hydrogen (secondary N) is 1. The normalized spacial score (nSPS) is 11.8. The van der Waals surface area contributed by atoms with Gasteiger partial charge < -0.3 is 10.1 Å². The first-order chi connectivity index (χ1) is 12.1. The predicted molar refractivity (Wildman–Crippen MR) is 99.9 cm³/mol. The third kappa shape index (κ3) is 3.83. The minimum Gasteiger partial charge on any atom is -0.497 e. The Kier molecular flexibility index (Phi) is 5.05. The highest BCUT2D eigenvalue weighted by Gasteiger charge is 2.13. The van der Waals surface area contributed by atoms with Crippen molar-refractivity contribution < 1.29 is 4.74 Å². The second kappa shape index (κ2) is 7.40. The van der Waals surface area contributed by atoms with Gasteiger partial charge in [-0.15, -0.1) is 0 Å². The molecule has 1 heterocycles. The van der Waals surface area contributed by atoms with Gasteiger partial charge in [0.1, 0.15) is 10.9 Å². The first kappa shape index (κ1) is 17.0. The highest BCUT2D eigenvalue weighted by atomic mass is 35.5. The van der Waals surface area contributed by atoms with Gasteiger partial charge >= 0.3 is 0 Å². The Hall–Kier alpha value is -2.79. The second-order valence-corrected chi connectivity index (χ2v) is 5.95. The number of ether oxygens (including phenoxy) is 1. The van der Waals surface area contributed by atoms with Crippen molar-refractivity contribution >= 4 is 17.4 Å². The molecule has 0 spiro atoms. The minimum atomic E-state index is -0.266. The zero-order chi connectivity index (χ0) is 17.8. The third-order valence-corrected chi connectivity index (χ3v) is 4.06. The molecule has 0 aliphatic heterocycles. The van der Waals surface area contributed by atoms with Gasteiger partial charge in [0.25, 0.3) is 5.56 Å². The molecule has 3 rings (SSSR count). The number of rotatable bonds is 5. The van der Waals surface area contributed by atoms with Crippen LogP contribution in [0.3, 0.4) is 0 Å². The molecule has 0 aliphatic carbocycles. The van der Waals surface area contributed by atoms with E-state index < -0.39 is 0 Å². The summed E-state index contributed by atoms with van der Waals surface area (Å²) in [7, 11) is 1.59. The number of halogens is 1. The highest BCUT2D eigenvalue weighted by Crippen LogP contribution is 2.19. The Balaban J connectivity index is 1.95. The van der Waals surface area contributed by atoms with Crippen molar-refractivity contribution in [3.63, 3.8) is 0 Å². The molecule has 1 N–H and O–H groups in total. The third-order valence-electron chi connectivity index (χ3n) is 3.88. The van der Waals surface area contributed by atoms with E-state index in [9.17, 15) is 4.79 Å². The monoisotopic (exact) mass is 355 g/mol. The molecule has 2 aromatic carbocycles. The number of hydrogen-bond donors (Lipinski definition) is 1. The van der Waals surface area contributed by atoms with Crippen LogP contribution in [0.2, 0.25) is 5.15 Å². The lowest BCUT2D eigenvalue weighted by atomic mass is 10.1. The molecule has 1 unspecified atom stereocenters. The zero-order valence-corrected chi connectivity index (χ0v) is 14.7. The quantitative estimate of drug-likeness (QED) is 0.749. The fourth-order valence-electron chi connectivity index (χ4n) is 2.52. The molecular formula is C19H18ClN3O2. The number of benzene rings is 2. The van der Waals surface area contributed by atoms with Crippen LogP contribution in [0.1, 0.15) is 18.5 Å². The molecule has 0 bridgehead atoms. The molecule has 5 nitrogen and oxygen atoms in total. The second-order valence-electron chi connectivity index (χ2n) is 5.56. The van der Waals surface area contributed by atoms with Crippen LogP contribution in [0.15, 0.2) is 65.6 Å². The molecule has 3 aromatic rings. The van der Waals surface area contributed by atoms with Crippen LogP contribution in [-0.2, 0) is 0 Å². The molecule has 0 aliphatic rings. The number of methoxy groups -OCH3 is 1. The van der Waals surface area contributed by atoms with Crippen LogP contribution in [-0.4, -0.2) is 16.7 Å². The van der Waals surface area contributed by atoms with Crippen molar-refractivity contribution in [1.82, 2.24) is 9.55 Å². The Morgan fingerprint density at radius 3 is 2.44 bits per heavy atom.